The Morgan fingerprint density at radius 3 is 2.58 bits per heavy atom. The third kappa shape index (κ3) is 1.81. The van der Waals surface area contributed by atoms with Crippen molar-refractivity contribution in [3.63, 3.8) is 0 Å². The Balaban J connectivity index is 2.72. The van der Waals surface area contributed by atoms with Crippen molar-refractivity contribution in [2.45, 2.75) is 32.7 Å². The highest BCUT2D eigenvalue weighted by Crippen LogP contribution is 2.18. The van der Waals surface area contributed by atoms with E-state index in [0.29, 0.717) is 6.04 Å². The summed E-state index contributed by atoms with van der Waals surface area (Å²) in [5, 5.41) is 0. The molecule has 0 radical (unpaired) electrons. The molecule has 0 aliphatic carbocycles. The second kappa shape index (κ2) is 3.94. The fourth-order valence-corrected chi connectivity index (χ4v) is 1.82. The molecule has 1 atom stereocenters. The summed E-state index contributed by atoms with van der Waals surface area (Å²) in [6.07, 6.45) is 4.76. The van der Waals surface area contributed by atoms with Crippen LogP contribution in [-0.4, -0.2) is 36.6 Å². The smallest absolute Gasteiger partial charge is 0.0703 e. The van der Waals surface area contributed by atoms with Crippen molar-refractivity contribution in [2.24, 2.45) is 0 Å². The van der Waals surface area contributed by atoms with Gasteiger partial charge < -0.3 is 4.90 Å². The highest BCUT2D eigenvalue weighted by atomic mass is 15.3. The zero-order valence-corrected chi connectivity index (χ0v) is 8.67. The highest BCUT2D eigenvalue weighted by Gasteiger charge is 2.18. The predicted molar refractivity (Wildman–Crippen MR) is 52.8 cm³/mol. The maximum atomic E-state index is 2.39. The van der Waals surface area contributed by atoms with Crippen LogP contribution in [0.15, 0.2) is 11.8 Å². The Bertz CT molecular complexity index is 175. The van der Waals surface area contributed by atoms with Crippen molar-refractivity contribution in [1.29, 1.82) is 0 Å². The molecule has 0 bridgehead atoms. The summed E-state index contributed by atoms with van der Waals surface area (Å²) in [4.78, 5) is 4.71. The van der Waals surface area contributed by atoms with E-state index in [0.717, 1.165) is 13.1 Å². The fourth-order valence-electron chi connectivity index (χ4n) is 1.82. The standard InChI is InChI=1S/C10H20N2/c1-5-9-7-10(6-2)12(4)8-11(9)3/h7,9H,5-6,8H2,1-4H3. The minimum absolute atomic E-state index is 0.649. The van der Waals surface area contributed by atoms with Gasteiger partial charge in [0.25, 0.3) is 0 Å². The summed E-state index contributed by atoms with van der Waals surface area (Å²) in [5.74, 6) is 0. The Hall–Kier alpha value is -0.500. The van der Waals surface area contributed by atoms with Gasteiger partial charge in [-0.3, -0.25) is 4.90 Å². The largest absolute Gasteiger partial charge is 0.365 e. The van der Waals surface area contributed by atoms with Crippen LogP contribution in [0.1, 0.15) is 26.7 Å². The zero-order chi connectivity index (χ0) is 9.14. The number of nitrogens with zero attached hydrogens (tertiary/aromatic N) is 2. The fraction of sp³-hybridized carbons (Fsp3) is 0.800. The van der Waals surface area contributed by atoms with Crippen LogP contribution in [0.4, 0.5) is 0 Å². The van der Waals surface area contributed by atoms with Crippen LogP contribution in [0.25, 0.3) is 0 Å². The topological polar surface area (TPSA) is 6.48 Å². The molecule has 0 N–H and O–H groups in total. The molecular weight excluding hydrogens is 148 g/mol. The lowest BCUT2D eigenvalue weighted by molar-refractivity contribution is 0.155. The van der Waals surface area contributed by atoms with E-state index in [1.165, 1.54) is 12.1 Å². The van der Waals surface area contributed by atoms with Crippen LogP contribution in [0.3, 0.4) is 0 Å². The van der Waals surface area contributed by atoms with Gasteiger partial charge in [0.05, 0.1) is 6.67 Å². The number of hydrogen-bond acceptors (Lipinski definition) is 2. The average Bonchev–Trinajstić information content (AvgIpc) is 2.05. The third-order valence-electron chi connectivity index (χ3n) is 2.66. The molecule has 12 heavy (non-hydrogen) atoms. The molecule has 2 heteroatoms. The van der Waals surface area contributed by atoms with Crippen LogP contribution < -0.4 is 0 Å². The van der Waals surface area contributed by atoms with E-state index in [1.807, 2.05) is 0 Å². The van der Waals surface area contributed by atoms with Gasteiger partial charge in [0, 0.05) is 18.8 Å². The second-order valence-corrected chi connectivity index (χ2v) is 3.58. The Morgan fingerprint density at radius 1 is 1.42 bits per heavy atom. The minimum Gasteiger partial charge on any atom is -0.365 e. The molecule has 0 aromatic rings. The SMILES string of the molecule is CCC1=CC(CC)N(C)CN1C. The van der Waals surface area contributed by atoms with Crippen molar-refractivity contribution in [2.75, 3.05) is 20.8 Å². The van der Waals surface area contributed by atoms with Crippen molar-refractivity contribution < 1.29 is 0 Å². The van der Waals surface area contributed by atoms with Crippen LogP contribution >= 0.6 is 0 Å². The van der Waals surface area contributed by atoms with Gasteiger partial charge in [0.15, 0.2) is 0 Å². The second-order valence-electron chi connectivity index (χ2n) is 3.58. The molecule has 0 saturated heterocycles. The molecule has 2 nitrogen and oxygen atoms in total. The highest BCUT2D eigenvalue weighted by molar-refractivity contribution is 5.08. The van der Waals surface area contributed by atoms with E-state index in [4.69, 9.17) is 0 Å². The van der Waals surface area contributed by atoms with Crippen molar-refractivity contribution >= 4 is 0 Å². The molecule has 0 fully saturated rings. The molecule has 1 aliphatic rings. The normalized spacial score (nSPS) is 25.8. The molecule has 0 spiro atoms. The number of rotatable bonds is 2. The Kier molecular flexibility index (Phi) is 3.15. The first kappa shape index (κ1) is 9.59. The van der Waals surface area contributed by atoms with E-state index in [2.05, 4.69) is 43.8 Å². The van der Waals surface area contributed by atoms with Gasteiger partial charge in [-0.25, -0.2) is 0 Å². The molecule has 1 rings (SSSR count). The maximum absolute atomic E-state index is 2.39. The lowest BCUT2D eigenvalue weighted by Crippen LogP contribution is -2.42. The van der Waals surface area contributed by atoms with E-state index in [-0.39, 0.29) is 0 Å². The predicted octanol–water partition coefficient (Wildman–Crippen LogP) is 1.89. The average molecular weight is 168 g/mol. The summed E-state index contributed by atoms with van der Waals surface area (Å²) in [7, 11) is 4.35. The molecule has 0 saturated carbocycles. The van der Waals surface area contributed by atoms with Gasteiger partial charge in [-0.2, -0.15) is 0 Å². The number of hydrogen-bond donors (Lipinski definition) is 0. The first-order valence-electron chi connectivity index (χ1n) is 4.81. The summed E-state index contributed by atoms with van der Waals surface area (Å²) in [6.45, 7) is 5.54. The van der Waals surface area contributed by atoms with Crippen LogP contribution in [0.5, 0.6) is 0 Å². The number of allylic oxidation sites excluding steroid dienone is 1. The molecular formula is C10H20N2. The van der Waals surface area contributed by atoms with E-state index in [9.17, 15) is 0 Å². The van der Waals surface area contributed by atoms with Crippen LogP contribution in [0, 0.1) is 0 Å². The number of likely N-dealkylation sites (N-methyl/N-ethyl adjacent to an activating group) is 1. The Morgan fingerprint density at radius 2 is 2.08 bits per heavy atom. The first-order valence-corrected chi connectivity index (χ1v) is 4.81. The van der Waals surface area contributed by atoms with Gasteiger partial charge >= 0.3 is 0 Å². The van der Waals surface area contributed by atoms with Gasteiger partial charge in [-0.15, -0.1) is 0 Å². The molecule has 1 aliphatic heterocycles. The third-order valence-corrected chi connectivity index (χ3v) is 2.66. The minimum atomic E-state index is 0.649. The summed E-state index contributed by atoms with van der Waals surface area (Å²) < 4.78 is 0. The molecule has 0 aromatic heterocycles. The zero-order valence-electron chi connectivity index (χ0n) is 8.67. The van der Waals surface area contributed by atoms with Gasteiger partial charge in [-0.05, 0) is 26.0 Å². The summed E-state index contributed by atoms with van der Waals surface area (Å²) in [5.41, 5.74) is 1.49. The van der Waals surface area contributed by atoms with Gasteiger partial charge in [0.1, 0.15) is 0 Å². The molecule has 70 valence electrons. The first-order chi connectivity index (χ1) is 5.69. The summed E-state index contributed by atoms with van der Waals surface area (Å²) >= 11 is 0. The van der Waals surface area contributed by atoms with Crippen molar-refractivity contribution in [3.8, 4) is 0 Å². The van der Waals surface area contributed by atoms with E-state index < -0.39 is 0 Å². The van der Waals surface area contributed by atoms with E-state index in [1.54, 1.807) is 0 Å². The lowest BCUT2D eigenvalue weighted by atomic mass is 10.1. The quantitative estimate of drug-likeness (QED) is 0.621. The van der Waals surface area contributed by atoms with Gasteiger partial charge in [0.2, 0.25) is 0 Å². The molecule has 0 aromatic carbocycles. The lowest BCUT2D eigenvalue weighted by Gasteiger charge is -2.37. The summed E-state index contributed by atoms with van der Waals surface area (Å²) in [6, 6.07) is 0.649. The van der Waals surface area contributed by atoms with Crippen molar-refractivity contribution in [1.82, 2.24) is 9.80 Å². The molecule has 0 amide bonds. The monoisotopic (exact) mass is 168 g/mol. The van der Waals surface area contributed by atoms with E-state index >= 15 is 0 Å². The molecule has 1 heterocycles. The maximum Gasteiger partial charge on any atom is 0.0703 e. The molecule has 1 unspecified atom stereocenters. The van der Waals surface area contributed by atoms with Gasteiger partial charge in [-0.1, -0.05) is 13.8 Å². The van der Waals surface area contributed by atoms with Crippen LogP contribution in [0.2, 0.25) is 0 Å². The van der Waals surface area contributed by atoms with Crippen LogP contribution in [-0.2, 0) is 0 Å². The van der Waals surface area contributed by atoms with Crippen molar-refractivity contribution in [3.05, 3.63) is 11.8 Å². The Labute approximate surface area is 75.8 Å².